The fourth-order valence-electron chi connectivity index (χ4n) is 2.51. The number of halogens is 3. The van der Waals surface area contributed by atoms with Crippen LogP contribution in [-0.2, 0) is 11.2 Å². The van der Waals surface area contributed by atoms with Gasteiger partial charge in [-0.2, -0.15) is 0 Å². The van der Waals surface area contributed by atoms with Crippen LogP contribution >= 0.6 is 0 Å². The minimum atomic E-state index is -4.82. The van der Waals surface area contributed by atoms with Crippen LogP contribution < -0.4 is 14.8 Å². The lowest BCUT2D eigenvalue weighted by Gasteiger charge is -2.15. The number of amides is 1. The predicted molar refractivity (Wildman–Crippen MR) is 93.3 cm³/mol. The molecule has 6 nitrogen and oxygen atoms in total. The predicted octanol–water partition coefficient (Wildman–Crippen LogP) is 3.27. The summed E-state index contributed by atoms with van der Waals surface area (Å²) in [6, 6.07) is 11.3. The van der Waals surface area contributed by atoms with E-state index in [2.05, 4.69) is 10.1 Å². The van der Waals surface area contributed by atoms with Crippen LogP contribution in [-0.4, -0.2) is 37.0 Å². The summed E-state index contributed by atoms with van der Waals surface area (Å²) in [7, 11) is 1.47. The summed E-state index contributed by atoms with van der Waals surface area (Å²) < 4.78 is 45.4. The molecule has 0 spiro atoms. The van der Waals surface area contributed by atoms with Gasteiger partial charge in [0.15, 0.2) is 0 Å². The van der Waals surface area contributed by atoms with Crippen molar-refractivity contribution < 1.29 is 37.3 Å². The van der Waals surface area contributed by atoms with Crippen LogP contribution in [0.3, 0.4) is 0 Å². The van der Waals surface area contributed by atoms with Gasteiger partial charge < -0.3 is 19.9 Å². The minimum absolute atomic E-state index is 0.0796. The molecule has 2 aromatic carbocycles. The van der Waals surface area contributed by atoms with E-state index in [0.29, 0.717) is 11.3 Å². The molecule has 1 amide bonds. The number of nitrogens with one attached hydrogen (secondary N) is 1. The van der Waals surface area contributed by atoms with Crippen molar-refractivity contribution in [2.24, 2.45) is 5.92 Å². The number of methoxy groups -OCH3 is 1. The second-order valence-electron chi connectivity index (χ2n) is 5.83. The molecule has 9 heteroatoms. The van der Waals surface area contributed by atoms with E-state index in [-0.39, 0.29) is 18.5 Å². The van der Waals surface area contributed by atoms with Gasteiger partial charge in [-0.15, -0.1) is 13.2 Å². The zero-order valence-electron chi connectivity index (χ0n) is 14.8. The van der Waals surface area contributed by atoms with Crippen molar-refractivity contribution in [3.05, 3.63) is 59.7 Å². The van der Waals surface area contributed by atoms with Crippen molar-refractivity contribution in [1.29, 1.82) is 0 Å². The van der Waals surface area contributed by atoms with Crippen molar-refractivity contribution in [2.75, 3.05) is 13.7 Å². The zero-order chi connectivity index (χ0) is 20.7. The molecule has 0 saturated carbocycles. The van der Waals surface area contributed by atoms with E-state index in [1.807, 2.05) is 0 Å². The minimum Gasteiger partial charge on any atom is -0.496 e. The van der Waals surface area contributed by atoms with Crippen LogP contribution in [0.4, 0.5) is 13.2 Å². The lowest BCUT2D eigenvalue weighted by atomic mass is 9.98. The molecule has 0 fully saturated rings. The van der Waals surface area contributed by atoms with Gasteiger partial charge in [-0.1, -0.05) is 18.2 Å². The smallest absolute Gasteiger partial charge is 0.496 e. The second-order valence-corrected chi connectivity index (χ2v) is 5.83. The Morgan fingerprint density at radius 3 is 2.32 bits per heavy atom. The normalized spacial score (nSPS) is 12.1. The molecule has 0 radical (unpaired) electrons. The number of carboxylic acid groups (broad SMARTS) is 1. The molecule has 0 bridgehead atoms. The molecule has 1 unspecified atom stereocenters. The van der Waals surface area contributed by atoms with E-state index in [0.717, 1.165) is 24.3 Å². The Kier molecular flexibility index (Phi) is 6.86. The van der Waals surface area contributed by atoms with Crippen molar-refractivity contribution in [1.82, 2.24) is 5.32 Å². The summed E-state index contributed by atoms with van der Waals surface area (Å²) in [4.78, 5) is 23.7. The van der Waals surface area contributed by atoms with Gasteiger partial charge in [0.05, 0.1) is 13.0 Å². The third-order valence-electron chi connectivity index (χ3n) is 3.87. The molecule has 0 heterocycles. The maximum Gasteiger partial charge on any atom is 0.573 e. The first kappa shape index (κ1) is 21.1. The van der Waals surface area contributed by atoms with Crippen molar-refractivity contribution >= 4 is 11.9 Å². The Balaban J connectivity index is 1.99. The molecule has 0 saturated heterocycles. The molecule has 1 atom stereocenters. The Labute approximate surface area is 158 Å². The van der Waals surface area contributed by atoms with Gasteiger partial charge in [-0.05, 0) is 42.3 Å². The molecule has 0 aliphatic carbocycles. The summed E-state index contributed by atoms with van der Waals surface area (Å²) in [6.45, 7) is -0.160. The number of carbonyl (C=O) groups is 2. The molecule has 0 aliphatic rings. The molecular formula is C19H18F3NO5. The number of hydrogen-bond donors (Lipinski definition) is 2. The number of aliphatic carboxylic acids is 1. The maximum absolute atomic E-state index is 12.2. The van der Waals surface area contributed by atoms with E-state index < -0.39 is 29.9 Å². The topological polar surface area (TPSA) is 84.9 Å². The SMILES string of the molecule is COc1ccccc1CC(CNC(=O)c1ccc(OC(F)(F)F)cc1)C(=O)O. The molecule has 2 aromatic rings. The summed E-state index contributed by atoms with van der Waals surface area (Å²) in [5, 5.41) is 11.9. The van der Waals surface area contributed by atoms with E-state index in [4.69, 9.17) is 4.74 Å². The largest absolute Gasteiger partial charge is 0.573 e. The van der Waals surface area contributed by atoms with E-state index >= 15 is 0 Å². The quantitative estimate of drug-likeness (QED) is 0.714. The van der Waals surface area contributed by atoms with E-state index in [1.54, 1.807) is 24.3 Å². The van der Waals surface area contributed by atoms with E-state index in [1.165, 1.54) is 7.11 Å². The van der Waals surface area contributed by atoms with Crippen LogP contribution in [0.1, 0.15) is 15.9 Å². The molecule has 2 rings (SSSR count). The molecular weight excluding hydrogens is 379 g/mol. The summed E-state index contributed by atoms with van der Waals surface area (Å²) in [5.41, 5.74) is 0.760. The monoisotopic (exact) mass is 397 g/mol. The first-order valence-corrected chi connectivity index (χ1v) is 8.18. The first-order chi connectivity index (χ1) is 13.2. The maximum atomic E-state index is 12.2. The number of rotatable bonds is 8. The lowest BCUT2D eigenvalue weighted by molar-refractivity contribution is -0.274. The van der Waals surface area contributed by atoms with Gasteiger partial charge in [0.25, 0.3) is 5.91 Å². The van der Waals surface area contributed by atoms with Gasteiger partial charge in [-0.25, -0.2) is 0 Å². The average Bonchev–Trinajstić information content (AvgIpc) is 2.64. The highest BCUT2D eigenvalue weighted by molar-refractivity contribution is 5.94. The number of carbonyl (C=O) groups excluding carboxylic acids is 1. The molecule has 28 heavy (non-hydrogen) atoms. The molecule has 2 N–H and O–H groups in total. The standard InChI is InChI=1S/C19H18F3NO5/c1-27-16-5-3-2-4-13(16)10-14(18(25)26)11-23-17(24)12-6-8-15(9-7-12)28-19(20,21)22/h2-9,14H,10-11H2,1H3,(H,23,24)(H,25,26). The molecule has 0 aromatic heterocycles. The van der Waals surface area contributed by atoms with Crippen LogP contribution in [0.15, 0.2) is 48.5 Å². The van der Waals surface area contributed by atoms with E-state index in [9.17, 15) is 27.9 Å². The van der Waals surface area contributed by atoms with Crippen LogP contribution in [0.5, 0.6) is 11.5 Å². The van der Waals surface area contributed by atoms with Crippen LogP contribution in [0.25, 0.3) is 0 Å². The Bertz CT molecular complexity index is 821. The number of para-hydroxylation sites is 1. The van der Waals surface area contributed by atoms with Crippen molar-refractivity contribution in [3.8, 4) is 11.5 Å². The van der Waals surface area contributed by atoms with Gasteiger partial charge in [0.2, 0.25) is 0 Å². The zero-order valence-corrected chi connectivity index (χ0v) is 14.8. The average molecular weight is 397 g/mol. The Hall–Kier alpha value is -3.23. The third-order valence-corrected chi connectivity index (χ3v) is 3.87. The molecule has 0 aliphatic heterocycles. The Morgan fingerprint density at radius 1 is 1.11 bits per heavy atom. The van der Waals surface area contributed by atoms with Gasteiger partial charge in [0.1, 0.15) is 11.5 Å². The first-order valence-electron chi connectivity index (χ1n) is 8.18. The highest BCUT2D eigenvalue weighted by Crippen LogP contribution is 2.23. The number of alkyl halides is 3. The van der Waals surface area contributed by atoms with Gasteiger partial charge in [0, 0.05) is 12.1 Å². The highest BCUT2D eigenvalue weighted by Gasteiger charge is 2.31. The van der Waals surface area contributed by atoms with Crippen molar-refractivity contribution in [2.45, 2.75) is 12.8 Å². The fraction of sp³-hybridized carbons (Fsp3) is 0.263. The summed E-state index contributed by atoms with van der Waals surface area (Å²) >= 11 is 0. The number of ether oxygens (including phenoxy) is 2. The molecule has 150 valence electrons. The highest BCUT2D eigenvalue weighted by atomic mass is 19.4. The summed E-state index contributed by atoms with van der Waals surface area (Å²) in [5.74, 6) is -2.53. The third kappa shape index (κ3) is 6.19. The van der Waals surface area contributed by atoms with Crippen molar-refractivity contribution in [3.63, 3.8) is 0 Å². The van der Waals surface area contributed by atoms with Gasteiger partial charge in [-0.3, -0.25) is 9.59 Å². The van der Waals surface area contributed by atoms with Crippen LogP contribution in [0, 0.1) is 5.92 Å². The second kappa shape index (κ2) is 9.12. The lowest BCUT2D eigenvalue weighted by Crippen LogP contribution is -2.34. The Morgan fingerprint density at radius 2 is 1.75 bits per heavy atom. The number of hydrogen-bond acceptors (Lipinski definition) is 4. The number of carboxylic acids is 1. The fourth-order valence-corrected chi connectivity index (χ4v) is 2.51. The van der Waals surface area contributed by atoms with Crippen LogP contribution in [0.2, 0.25) is 0 Å². The summed E-state index contributed by atoms with van der Waals surface area (Å²) in [6.07, 6.45) is -4.69. The number of benzene rings is 2. The van der Waals surface area contributed by atoms with Gasteiger partial charge >= 0.3 is 12.3 Å².